The zero-order valence-electron chi connectivity index (χ0n) is 22.5. The van der Waals surface area contributed by atoms with Crippen molar-refractivity contribution in [2.24, 2.45) is 0 Å². The first-order chi connectivity index (χ1) is 20.3. The van der Waals surface area contributed by atoms with Crippen molar-refractivity contribution < 1.29 is 0 Å². The summed E-state index contributed by atoms with van der Waals surface area (Å²) >= 11 is 0. The normalized spacial score (nSPS) is 11.4. The van der Waals surface area contributed by atoms with Gasteiger partial charge in [0, 0.05) is 16.8 Å². The highest BCUT2D eigenvalue weighted by Crippen LogP contribution is 2.44. The Morgan fingerprint density at radius 1 is 0.317 bits per heavy atom. The SMILES string of the molecule is c1ccc(N(c2ccc(-c3ccc4ccccc4c3)cc2)c2cc3ccccc3c3ccc4ccccc4c23)cc1. The van der Waals surface area contributed by atoms with Crippen LogP contribution in [0, 0.1) is 0 Å². The van der Waals surface area contributed by atoms with E-state index in [9.17, 15) is 0 Å². The van der Waals surface area contributed by atoms with Crippen molar-refractivity contribution in [2.45, 2.75) is 0 Å². The van der Waals surface area contributed by atoms with Crippen LogP contribution in [0.2, 0.25) is 0 Å². The second-order valence-corrected chi connectivity index (χ2v) is 10.6. The van der Waals surface area contributed by atoms with Crippen LogP contribution in [-0.2, 0) is 0 Å². The van der Waals surface area contributed by atoms with Crippen molar-refractivity contribution in [3.05, 3.63) is 164 Å². The molecular weight excluding hydrogens is 494 g/mol. The minimum absolute atomic E-state index is 1.13. The first-order valence-electron chi connectivity index (χ1n) is 14.1. The zero-order chi connectivity index (χ0) is 27.2. The molecule has 0 fully saturated rings. The highest BCUT2D eigenvalue weighted by Gasteiger charge is 2.19. The van der Waals surface area contributed by atoms with Gasteiger partial charge in [-0.05, 0) is 85.2 Å². The summed E-state index contributed by atoms with van der Waals surface area (Å²) in [6.45, 7) is 0. The average molecular weight is 522 g/mol. The molecule has 0 aromatic heterocycles. The summed E-state index contributed by atoms with van der Waals surface area (Å²) in [6.07, 6.45) is 0. The summed E-state index contributed by atoms with van der Waals surface area (Å²) in [6, 6.07) is 59.3. The highest BCUT2D eigenvalue weighted by atomic mass is 15.1. The Morgan fingerprint density at radius 3 is 1.71 bits per heavy atom. The summed E-state index contributed by atoms with van der Waals surface area (Å²) in [5.74, 6) is 0. The monoisotopic (exact) mass is 521 g/mol. The molecule has 0 saturated carbocycles. The molecular formula is C40H27N. The molecule has 8 aromatic rings. The van der Waals surface area contributed by atoms with Gasteiger partial charge in [0.25, 0.3) is 0 Å². The van der Waals surface area contributed by atoms with Gasteiger partial charge in [-0.3, -0.25) is 0 Å². The highest BCUT2D eigenvalue weighted by molar-refractivity contribution is 6.23. The summed E-state index contributed by atoms with van der Waals surface area (Å²) in [7, 11) is 0. The lowest BCUT2D eigenvalue weighted by molar-refractivity contribution is 1.30. The molecule has 0 aliphatic rings. The largest absolute Gasteiger partial charge is 0.310 e. The van der Waals surface area contributed by atoms with Gasteiger partial charge in [-0.25, -0.2) is 0 Å². The number of anilines is 3. The predicted molar refractivity (Wildman–Crippen MR) is 177 cm³/mol. The second kappa shape index (κ2) is 9.66. The minimum atomic E-state index is 1.13. The molecule has 0 spiro atoms. The molecule has 8 rings (SSSR count). The molecule has 0 radical (unpaired) electrons. The van der Waals surface area contributed by atoms with Crippen molar-refractivity contribution in [1.82, 2.24) is 0 Å². The Kier molecular flexibility index (Phi) is 5.53. The molecule has 1 nitrogen and oxygen atoms in total. The maximum absolute atomic E-state index is 2.41. The van der Waals surface area contributed by atoms with Gasteiger partial charge in [-0.2, -0.15) is 0 Å². The van der Waals surface area contributed by atoms with Crippen LogP contribution < -0.4 is 4.90 Å². The quantitative estimate of drug-likeness (QED) is 0.208. The molecule has 0 bridgehead atoms. The Labute approximate surface area is 239 Å². The summed E-state index contributed by atoms with van der Waals surface area (Å²) in [4.78, 5) is 2.41. The van der Waals surface area contributed by atoms with Crippen molar-refractivity contribution in [2.75, 3.05) is 4.90 Å². The van der Waals surface area contributed by atoms with Crippen LogP contribution in [-0.4, -0.2) is 0 Å². The third kappa shape index (κ3) is 4.02. The number of para-hydroxylation sites is 1. The number of nitrogens with zero attached hydrogens (tertiary/aromatic N) is 1. The molecule has 0 atom stereocenters. The summed E-state index contributed by atoms with van der Waals surface area (Å²) in [5.41, 5.74) is 5.88. The van der Waals surface area contributed by atoms with Gasteiger partial charge in [0.05, 0.1) is 5.69 Å². The van der Waals surface area contributed by atoms with Gasteiger partial charge in [0.1, 0.15) is 0 Å². The molecule has 192 valence electrons. The minimum Gasteiger partial charge on any atom is -0.310 e. The van der Waals surface area contributed by atoms with Crippen molar-refractivity contribution >= 4 is 60.2 Å². The molecule has 0 heterocycles. The van der Waals surface area contributed by atoms with E-state index in [1.807, 2.05) is 0 Å². The summed E-state index contributed by atoms with van der Waals surface area (Å²) < 4.78 is 0. The molecule has 0 N–H and O–H groups in total. The van der Waals surface area contributed by atoms with Crippen LogP contribution in [0.15, 0.2) is 164 Å². The molecule has 1 heteroatoms. The standard InChI is InChI=1S/C40H27N/c1-2-14-34(15-3-1)41(35-23-20-29(21-24-35)32-19-18-28-10-4-5-12-31(28)26-32)39-27-33-13-7-8-16-36(33)38-25-22-30-11-6-9-17-37(30)40(38)39/h1-27H. The first kappa shape index (κ1) is 23.5. The zero-order valence-corrected chi connectivity index (χ0v) is 22.5. The Morgan fingerprint density at radius 2 is 0.902 bits per heavy atom. The van der Waals surface area contributed by atoms with Crippen molar-refractivity contribution in [3.63, 3.8) is 0 Å². The third-order valence-electron chi connectivity index (χ3n) is 8.19. The Bertz CT molecular complexity index is 2190. The van der Waals surface area contributed by atoms with Gasteiger partial charge in [-0.15, -0.1) is 0 Å². The van der Waals surface area contributed by atoms with Crippen LogP contribution in [0.3, 0.4) is 0 Å². The van der Waals surface area contributed by atoms with E-state index in [2.05, 4.69) is 169 Å². The van der Waals surface area contributed by atoms with Crippen LogP contribution in [0.4, 0.5) is 17.1 Å². The Balaban J connectivity index is 1.37. The predicted octanol–water partition coefficient (Wildman–Crippen LogP) is 11.4. The number of rotatable bonds is 4. The van der Waals surface area contributed by atoms with Gasteiger partial charge in [0.15, 0.2) is 0 Å². The molecule has 8 aromatic carbocycles. The maximum Gasteiger partial charge on any atom is 0.0552 e. The fraction of sp³-hybridized carbons (Fsp3) is 0. The van der Waals surface area contributed by atoms with E-state index in [0.29, 0.717) is 0 Å². The third-order valence-corrected chi connectivity index (χ3v) is 8.19. The molecule has 41 heavy (non-hydrogen) atoms. The van der Waals surface area contributed by atoms with E-state index < -0.39 is 0 Å². The van der Waals surface area contributed by atoms with Crippen molar-refractivity contribution in [3.8, 4) is 11.1 Å². The molecule has 0 amide bonds. The maximum atomic E-state index is 2.41. The van der Waals surface area contributed by atoms with E-state index >= 15 is 0 Å². The van der Waals surface area contributed by atoms with Crippen LogP contribution >= 0.6 is 0 Å². The van der Waals surface area contributed by atoms with Crippen LogP contribution in [0.5, 0.6) is 0 Å². The van der Waals surface area contributed by atoms with Gasteiger partial charge < -0.3 is 4.90 Å². The molecule has 0 saturated heterocycles. The lowest BCUT2D eigenvalue weighted by Crippen LogP contribution is -2.10. The Hall–Kier alpha value is -5.40. The van der Waals surface area contributed by atoms with Crippen LogP contribution in [0.25, 0.3) is 54.2 Å². The van der Waals surface area contributed by atoms with E-state index in [1.54, 1.807) is 0 Å². The van der Waals surface area contributed by atoms with Crippen LogP contribution in [0.1, 0.15) is 0 Å². The van der Waals surface area contributed by atoms with Gasteiger partial charge in [0.2, 0.25) is 0 Å². The number of benzene rings is 8. The van der Waals surface area contributed by atoms with E-state index in [0.717, 1.165) is 11.4 Å². The molecule has 0 aliphatic carbocycles. The smallest absolute Gasteiger partial charge is 0.0552 e. The van der Waals surface area contributed by atoms with Gasteiger partial charge in [-0.1, -0.05) is 127 Å². The van der Waals surface area contributed by atoms with E-state index in [1.165, 1.54) is 59.9 Å². The number of hydrogen-bond acceptors (Lipinski definition) is 1. The lowest BCUT2D eigenvalue weighted by atomic mass is 9.94. The first-order valence-corrected chi connectivity index (χ1v) is 14.1. The van der Waals surface area contributed by atoms with E-state index in [-0.39, 0.29) is 0 Å². The van der Waals surface area contributed by atoms with Gasteiger partial charge >= 0.3 is 0 Å². The molecule has 0 aliphatic heterocycles. The van der Waals surface area contributed by atoms with Crippen molar-refractivity contribution in [1.29, 1.82) is 0 Å². The lowest BCUT2D eigenvalue weighted by Gasteiger charge is -2.28. The summed E-state index contributed by atoms with van der Waals surface area (Å²) in [5, 5.41) is 10.1. The fourth-order valence-electron chi connectivity index (χ4n) is 6.21. The topological polar surface area (TPSA) is 3.24 Å². The average Bonchev–Trinajstić information content (AvgIpc) is 3.05. The number of hydrogen-bond donors (Lipinski definition) is 0. The fourth-order valence-corrected chi connectivity index (χ4v) is 6.21. The second-order valence-electron chi connectivity index (χ2n) is 10.6. The number of fused-ring (bicyclic) bond motifs is 6. The molecule has 0 unspecified atom stereocenters. The van der Waals surface area contributed by atoms with E-state index in [4.69, 9.17) is 0 Å².